The number of hydrogen-bond acceptors (Lipinski definition) is 4. The summed E-state index contributed by atoms with van der Waals surface area (Å²) in [7, 11) is 1.80. The molecule has 0 radical (unpaired) electrons. The van der Waals surface area contributed by atoms with E-state index in [0.29, 0.717) is 19.6 Å². The van der Waals surface area contributed by atoms with Crippen molar-refractivity contribution in [1.82, 2.24) is 20.0 Å². The zero-order valence-corrected chi connectivity index (χ0v) is 16.4. The molecule has 2 amide bonds. The second kappa shape index (κ2) is 6.19. The zero-order valence-electron chi connectivity index (χ0n) is 16.4. The number of likely N-dealkylation sites (tertiary alicyclic amines) is 1. The number of aromatic amines is 1. The summed E-state index contributed by atoms with van der Waals surface area (Å²) < 4.78 is 6.20. The van der Waals surface area contributed by atoms with Crippen LogP contribution in [0, 0.1) is 17.3 Å². The molecule has 2 fully saturated rings. The molecule has 0 aromatic carbocycles. The molecule has 27 heavy (non-hydrogen) atoms. The first-order chi connectivity index (χ1) is 12.7. The Morgan fingerprint density at radius 2 is 2.26 bits per heavy atom. The maximum Gasteiger partial charge on any atom is 0.230 e. The Morgan fingerprint density at radius 3 is 2.93 bits per heavy atom. The Hall–Kier alpha value is -2.15. The van der Waals surface area contributed by atoms with Gasteiger partial charge in [-0.1, -0.05) is 32.9 Å². The van der Waals surface area contributed by atoms with Crippen molar-refractivity contribution in [1.29, 1.82) is 0 Å². The van der Waals surface area contributed by atoms with Gasteiger partial charge in [0.2, 0.25) is 11.8 Å². The van der Waals surface area contributed by atoms with Gasteiger partial charge in [-0.05, 0) is 17.4 Å². The molecule has 0 aliphatic carbocycles. The van der Waals surface area contributed by atoms with E-state index in [2.05, 4.69) is 31.0 Å². The van der Waals surface area contributed by atoms with Crippen LogP contribution < -0.4 is 0 Å². The van der Waals surface area contributed by atoms with Crippen LogP contribution in [0.2, 0.25) is 0 Å². The Kier molecular flexibility index (Phi) is 4.18. The van der Waals surface area contributed by atoms with E-state index in [1.165, 1.54) is 0 Å². The van der Waals surface area contributed by atoms with E-state index in [9.17, 15) is 9.59 Å². The van der Waals surface area contributed by atoms with Crippen molar-refractivity contribution < 1.29 is 14.3 Å². The van der Waals surface area contributed by atoms with Crippen molar-refractivity contribution in [2.45, 2.75) is 38.9 Å². The fraction of sp³-hybridized carbons (Fsp3) is 0.650. The SMILES string of the molecule is CN(CCc1cn[nH]c1)C(=O)[C@H]1[C@@H]2C=C[C@@]3(CN(CC(C)(C)C)C(=O)[C@@H]13)O2. The minimum atomic E-state index is -0.626. The second-order valence-electron chi connectivity index (χ2n) is 9.27. The Labute approximate surface area is 159 Å². The van der Waals surface area contributed by atoms with E-state index in [1.807, 2.05) is 23.2 Å². The lowest BCUT2D eigenvalue weighted by Crippen LogP contribution is -2.45. The van der Waals surface area contributed by atoms with Gasteiger partial charge in [0, 0.05) is 26.3 Å². The van der Waals surface area contributed by atoms with Crippen LogP contribution in [0.1, 0.15) is 26.3 Å². The van der Waals surface area contributed by atoms with Crippen LogP contribution in [0.4, 0.5) is 0 Å². The van der Waals surface area contributed by atoms with E-state index >= 15 is 0 Å². The third kappa shape index (κ3) is 3.08. The molecule has 1 spiro atoms. The molecular formula is C20H28N4O3. The second-order valence-corrected chi connectivity index (χ2v) is 9.27. The number of aromatic nitrogens is 2. The van der Waals surface area contributed by atoms with Crippen molar-refractivity contribution >= 4 is 11.8 Å². The number of likely N-dealkylation sites (N-methyl/N-ethyl adjacent to an activating group) is 1. The molecule has 0 unspecified atom stereocenters. The minimum absolute atomic E-state index is 0.00749. The third-order valence-corrected chi connectivity index (χ3v) is 5.80. The summed E-state index contributed by atoms with van der Waals surface area (Å²) in [4.78, 5) is 30.0. The number of amides is 2. The Bertz CT molecular complexity index is 767. The third-order valence-electron chi connectivity index (χ3n) is 5.80. The lowest BCUT2D eigenvalue weighted by molar-refractivity contribution is -0.142. The van der Waals surface area contributed by atoms with Gasteiger partial charge in [0.15, 0.2) is 0 Å². The summed E-state index contributed by atoms with van der Waals surface area (Å²) in [5.41, 5.74) is 0.440. The van der Waals surface area contributed by atoms with Gasteiger partial charge in [-0.2, -0.15) is 5.10 Å². The number of H-pyrrole nitrogens is 1. The quantitative estimate of drug-likeness (QED) is 0.789. The number of carbonyl (C=O) groups is 2. The van der Waals surface area contributed by atoms with Gasteiger partial charge >= 0.3 is 0 Å². The molecule has 4 atom stereocenters. The molecule has 146 valence electrons. The fourth-order valence-electron chi connectivity index (χ4n) is 4.64. The molecular weight excluding hydrogens is 344 g/mol. The van der Waals surface area contributed by atoms with E-state index in [-0.39, 0.29) is 23.3 Å². The van der Waals surface area contributed by atoms with Gasteiger partial charge in [0.25, 0.3) is 0 Å². The van der Waals surface area contributed by atoms with Crippen LogP contribution in [-0.4, -0.2) is 70.2 Å². The molecule has 7 nitrogen and oxygen atoms in total. The van der Waals surface area contributed by atoms with Gasteiger partial charge < -0.3 is 14.5 Å². The van der Waals surface area contributed by atoms with Crippen molar-refractivity contribution in [3.63, 3.8) is 0 Å². The molecule has 3 aliphatic heterocycles. The molecule has 7 heteroatoms. The van der Waals surface area contributed by atoms with E-state index in [4.69, 9.17) is 4.74 Å². The number of fused-ring (bicyclic) bond motifs is 1. The summed E-state index contributed by atoms with van der Waals surface area (Å²) in [6.07, 6.45) is 8.02. The molecule has 2 bridgehead atoms. The van der Waals surface area contributed by atoms with Crippen molar-refractivity contribution in [3.05, 3.63) is 30.1 Å². The topological polar surface area (TPSA) is 78.5 Å². The normalized spacial score (nSPS) is 31.6. The fourth-order valence-corrected chi connectivity index (χ4v) is 4.64. The summed E-state index contributed by atoms with van der Waals surface area (Å²) in [5.74, 6) is -0.787. The minimum Gasteiger partial charge on any atom is -0.360 e. The summed E-state index contributed by atoms with van der Waals surface area (Å²) in [6.45, 7) is 8.16. The first-order valence-electron chi connectivity index (χ1n) is 9.59. The largest absolute Gasteiger partial charge is 0.360 e. The van der Waals surface area contributed by atoms with Crippen molar-refractivity contribution in [2.75, 3.05) is 26.7 Å². The summed E-state index contributed by atoms with van der Waals surface area (Å²) in [6, 6.07) is 0. The number of nitrogens with zero attached hydrogens (tertiary/aromatic N) is 3. The smallest absolute Gasteiger partial charge is 0.230 e. The van der Waals surface area contributed by atoms with E-state index < -0.39 is 17.4 Å². The maximum atomic E-state index is 13.2. The van der Waals surface area contributed by atoms with E-state index in [1.54, 1.807) is 18.1 Å². The predicted octanol–water partition coefficient (Wildman–Crippen LogP) is 1.24. The number of ether oxygens (including phenoxy) is 1. The lowest BCUT2D eigenvalue weighted by atomic mass is 9.76. The number of nitrogens with one attached hydrogen (secondary N) is 1. The van der Waals surface area contributed by atoms with Crippen LogP contribution in [-0.2, 0) is 20.7 Å². The van der Waals surface area contributed by atoms with Crippen LogP contribution in [0.5, 0.6) is 0 Å². The molecule has 1 aromatic heterocycles. The average molecular weight is 372 g/mol. The monoisotopic (exact) mass is 372 g/mol. The number of rotatable bonds is 5. The van der Waals surface area contributed by atoms with Crippen molar-refractivity contribution in [3.8, 4) is 0 Å². The number of hydrogen-bond donors (Lipinski definition) is 1. The highest BCUT2D eigenvalue weighted by Crippen LogP contribution is 2.52. The average Bonchev–Trinajstić information content (AvgIpc) is 3.33. The Morgan fingerprint density at radius 1 is 1.48 bits per heavy atom. The predicted molar refractivity (Wildman–Crippen MR) is 99.7 cm³/mol. The molecule has 4 rings (SSSR count). The summed E-state index contributed by atoms with van der Waals surface area (Å²) in [5, 5.41) is 6.72. The molecule has 1 aromatic rings. The van der Waals surface area contributed by atoms with Crippen LogP contribution >= 0.6 is 0 Å². The Balaban J connectivity index is 1.49. The van der Waals surface area contributed by atoms with Gasteiger partial charge in [-0.25, -0.2) is 0 Å². The number of carbonyl (C=O) groups excluding carboxylic acids is 2. The van der Waals surface area contributed by atoms with Crippen LogP contribution in [0.15, 0.2) is 24.5 Å². The summed E-state index contributed by atoms with van der Waals surface area (Å²) >= 11 is 0. The molecule has 0 saturated carbocycles. The lowest BCUT2D eigenvalue weighted by Gasteiger charge is -2.29. The zero-order chi connectivity index (χ0) is 19.4. The molecule has 1 N–H and O–H groups in total. The first-order valence-corrected chi connectivity index (χ1v) is 9.59. The first kappa shape index (κ1) is 18.2. The van der Waals surface area contributed by atoms with Gasteiger partial charge in [0.05, 0.1) is 30.7 Å². The highest BCUT2D eigenvalue weighted by Gasteiger charge is 2.67. The highest BCUT2D eigenvalue weighted by atomic mass is 16.5. The molecule has 3 aliphatic rings. The van der Waals surface area contributed by atoms with Gasteiger partial charge in [0.1, 0.15) is 5.60 Å². The van der Waals surface area contributed by atoms with E-state index in [0.717, 1.165) is 12.0 Å². The van der Waals surface area contributed by atoms with Gasteiger partial charge in [-0.3, -0.25) is 14.7 Å². The van der Waals surface area contributed by atoms with Crippen LogP contribution in [0.25, 0.3) is 0 Å². The van der Waals surface area contributed by atoms with Crippen LogP contribution in [0.3, 0.4) is 0 Å². The van der Waals surface area contributed by atoms with Gasteiger partial charge in [-0.15, -0.1) is 0 Å². The van der Waals surface area contributed by atoms with Crippen molar-refractivity contribution in [2.24, 2.45) is 17.3 Å². The highest BCUT2D eigenvalue weighted by molar-refractivity contribution is 5.93. The molecule has 4 heterocycles. The molecule has 2 saturated heterocycles. The maximum absolute atomic E-state index is 13.2. The standard InChI is InChI=1S/C20H28N4O3/c1-19(2,3)11-24-12-20-7-5-14(27-20)15(16(20)18(24)26)17(25)23(4)8-6-13-9-21-22-10-13/h5,7,9-10,14-16H,6,8,11-12H2,1-4H3,(H,21,22)/t14-,15-,16+,20-/m0/s1.